The van der Waals surface area contributed by atoms with Crippen LogP contribution in [0.25, 0.3) is 0 Å². The summed E-state index contributed by atoms with van der Waals surface area (Å²) in [5.74, 6) is -1.06. The molecule has 4 heteroatoms. The van der Waals surface area contributed by atoms with Gasteiger partial charge in [0.1, 0.15) is 0 Å². The molecule has 1 atom stereocenters. The van der Waals surface area contributed by atoms with Crippen molar-refractivity contribution in [1.29, 1.82) is 0 Å². The van der Waals surface area contributed by atoms with Crippen molar-refractivity contribution in [1.82, 2.24) is 0 Å². The molecule has 1 aromatic rings. The lowest BCUT2D eigenvalue weighted by atomic mass is 10.2. The Labute approximate surface area is 87.9 Å². The average Bonchev–Trinajstić information content (AvgIpc) is 2.16. The predicted octanol–water partition coefficient (Wildman–Crippen LogP) is 1.84. The van der Waals surface area contributed by atoms with Crippen LogP contribution in [-0.4, -0.2) is 22.2 Å². The van der Waals surface area contributed by atoms with E-state index >= 15 is 0 Å². The Balaban J connectivity index is 2.79. The summed E-state index contributed by atoms with van der Waals surface area (Å²) in [7, 11) is 0. The zero-order valence-corrected chi connectivity index (χ0v) is 8.61. The summed E-state index contributed by atoms with van der Waals surface area (Å²) < 4.78 is 0. The highest BCUT2D eigenvalue weighted by atomic mass is 32.1. The van der Waals surface area contributed by atoms with Gasteiger partial charge in [0.25, 0.3) is 0 Å². The maximum absolute atomic E-state index is 10.7. The third kappa shape index (κ3) is 2.88. The fourth-order valence-electron chi connectivity index (χ4n) is 0.795. The van der Waals surface area contributed by atoms with E-state index in [2.05, 4.69) is 17.6 Å². The number of carboxylic acid groups (broad SMARTS) is 1. The van der Waals surface area contributed by atoms with Crippen LogP contribution in [0.1, 0.15) is 12.5 Å². The van der Waals surface area contributed by atoms with E-state index in [1.165, 1.54) is 13.1 Å². The first-order valence-electron chi connectivity index (χ1n) is 4.08. The van der Waals surface area contributed by atoms with Gasteiger partial charge in [0.15, 0.2) is 4.87 Å². The topological polar surface area (TPSA) is 49.7 Å². The molecule has 1 N–H and O–H groups in total. The number of hydrogen-bond acceptors (Lipinski definition) is 3. The van der Waals surface area contributed by atoms with Crippen molar-refractivity contribution < 1.29 is 9.90 Å². The monoisotopic (exact) mass is 209 g/mol. The maximum atomic E-state index is 10.7. The molecule has 0 bridgehead atoms. The first-order chi connectivity index (χ1) is 6.52. The Kier molecular flexibility index (Phi) is 3.30. The molecule has 0 aliphatic carbocycles. The van der Waals surface area contributed by atoms with Crippen LogP contribution in [0, 0.1) is 0 Å². The maximum Gasteiger partial charge on any atom is 0.341 e. The van der Waals surface area contributed by atoms with Crippen LogP contribution in [0.15, 0.2) is 35.3 Å². The molecule has 14 heavy (non-hydrogen) atoms. The summed E-state index contributed by atoms with van der Waals surface area (Å²) in [6.45, 7) is 1.43. The Bertz CT molecular complexity index is 346. The van der Waals surface area contributed by atoms with Crippen molar-refractivity contribution in [2.24, 2.45) is 4.99 Å². The van der Waals surface area contributed by atoms with Gasteiger partial charge in [0, 0.05) is 6.21 Å². The van der Waals surface area contributed by atoms with Crippen LogP contribution < -0.4 is 0 Å². The Morgan fingerprint density at radius 3 is 2.57 bits per heavy atom. The molecule has 1 aromatic carbocycles. The first-order valence-corrected chi connectivity index (χ1v) is 4.53. The van der Waals surface area contributed by atoms with Gasteiger partial charge in [0.2, 0.25) is 0 Å². The molecule has 74 valence electrons. The number of aliphatic imine (C=N–C) groups is 1. The van der Waals surface area contributed by atoms with Crippen LogP contribution in [0.5, 0.6) is 0 Å². The summed E-state index contributed by atoms with van der Waals surface area (Å²) in [6.07, 6.45) is 1.50. The van der Waals surface area contributed by atoms with Crippen molar-refractivity contribution in [3.63, 3.8) is 0 Å². The molecule has 0 aliphatic heterocycles. The second kappa shape index (κ2) is 4.28. The van der Waals surface area contributed by atoms with E-state index in [4.69, 9.17) is 5.11 Å². The average molecular weight is 209 g/mol. The summed E-state index contributed by atoms with van der Waals surface area (Å²) >= 11 is 3.91. The number of hydrogen-bond donors (Lipinski definition) is 2. The quantitative estimate of drug-likeness (QED) is 0.589. The van der Waals surface area contributed by atoms with E-state index in [1.807, 2.05) is 30.3 Å². The van der Waals surface area contributed by atoms with Gasteiger partial charge in [-0.05, 0) is 12.5 Å². The van der Waals surface area contributed by atoms with Crippen molar-refractivity contribution in [2.75, 3.05) is 0 Å². The minimum atomic E-state index is -1.37. The molecule has 1 unspecified atom stereocenters. The normalized spacial score (nSPS) is 15.3. The van der Waals surface area contributed by atoms with E-state index in [1.54, 1.807) is 0 Å². The van der Waals surface area contributed by atoms with Crippen molar-refractivity contribution in [2.45, 2.75) is 11.8 Å². The number of rotatable bonds is 3. The second-order valence-corrected chi connectivity index (χ2v) is 3.87. The zero-order valence-electron chi connectivity index (χ0n) is 7.71. The highest BCUT2D eigenvalue weighted by Gasteiger charge is 2.26. The molecule has 0 fully saturated rings. The molecule has 0 saturated carbocycles. The molecule has 0 aromatic heterocycles. The molecule has 1 rings (SSSR count). The highest BCUT2D eigenvalue weighted by molar-refractivity contribution is 7.82. The van der Waals surface area contributed by atoms with Crippen molar-refractivity contribution in [3.05, 3.63) is 35.9 Å². The minimum Gasteiger partial charge on any atom is -0.479 e. The summed E-state index contributed by atoms with van der Waals surface area (Å²) in [5, 5.41) is 8.73. The van der Waals surface area contributed by atoms with E-state index in [0.717, 1.165) is 5.56 Å². The second-order valence-electron chi connectivity index (χ2n) is 2.99. The molecule has 0 aliphatic rings. The van der Waals surface area contributed by atoms with Gasteiger partial charge < -0.3 is 5.11 Å². The highest BCUT2D eigenvalue weighted by Crippen LogP contribution is 2.15. The van der Waals surface area contributed by atoms with Gasteiger partial charge in [-0.3, -0.25) is 4.99 Å². The van der Waals surface area contributed by atoms with Crippen molar-refractivity contribution >= 4 is 24.8 Å². The fraction of sp³-hybridized carbons (Fsp3) is 0.200. The number of aliphatic carboxylic acids is 1. The lowest BCUT2D eigenvalue weighted by Gasteiger charge is -2.11. The molecule has 0 spiro atoms. The Hall–Kier alpha value is -1.29. The zero-order chi connectivity index (χ0) is 10.6. The predicted molar refractivity (Wildman–Crippen MR) is 59.1 cm³/mol. The van der Waals surface area contributed by atoms with Crippen LogP contribution in [0.2, 0.25) is 0 Å². The fourth-order valence-corrected chi connectivity index (χ4v) is 0.852. The van der Waals surface area contributed by atoms with E-state index in [-0.39, 0.29) is 0 Å². The van der Waals surface area contributed by atoms with Crippen LogP contribution >= 0.6 is 12.6 Å². The number of benzene rings is 1. The van der Waals surface area contributed by atoms with Crippen LogP contribution in [0.4, 0.5) is 0 Å². The van der Waals surface area contributed by atoms with Gasteiger partial charge in [0.05, 0.1) is 0 Å². The molecule has 0 amide bonds. The number of thiol groups is 1. The largest absolute Gasteiger partial charge is 0.479 e. The number of carboxylic acids is 1. The smallest absolute Gasteiger partial charge is 0.341 e. The van der Waals surface area contributed by atoms with E-state index in [9.17, 15) is 4.79 Å². The standard InChI is InChI=1S/C10H11NO2S/c1-10(14,9(12)13)11-7-8-5-3-2-4-6-8/h2-7,14H,1H3,(H,12,13). The molecule has 3 nitrogen and oxygen atoms in total. The number of nitrogens with zero attached hydrogens (tertiary/aromatic N) is 1. The molecule has 0 saturated heterocycles. The van der Waals surface area contributed by atoms with E-state index in [0.29, 0.717) is 0 Å². The van der Waals surface area contributed by atoms with Crippen LogP contribution in [-0.2, 0) is 4.79 Å². The number of carbonyl (C=O) groups is 1. The molecule has 0 heterocycles. The third-order valence-electron chi connectivity index (χ3n) is 1.67. The first kappa shape index (κ1) is 10.8. The summed E-state index contributed by atoms with van der Waals surface area (Å²) in [4.78, 5) is 13.2. The lowest BCUT2D eigenvalue weighted by molar-refractivity contribution is -0.139. The Morgan fingerprint density at radius 1 is 1.50 bits per heavy atom. The molecular weight excluding hydrogens is 198 g/mol. The van der Waals surface area contributed by atoms with Gasteiger partial charge in [-0.1, -0.05) is 30.3 Å². The van der Waals surface area contributed by atoms with Gasteiger partial charge in [-0.15, -0.1) is 12.6 Å². The summed E-state index contributed by atoms with van der Waals surface area (Å²) in [5.41, 5.74) is 0.856. The van der Waals surface area contributed by atoms with E-state index < -0.39 is 10.8 Å². The molecule has 0 radical (unpaired) electrons. The van der Waals surface area contributed by atoms with Gasteiger partial charge in [-0.25, -0.2) is 4.79 Å². The third-order valence-corrected chi connectivity index (χ3v) is 1.98. The Morgan fingerprint density at radius 2 is 2.07 bits per heavy atom. The van der Waals surface area contributed by atoms with Gasteiger partial charge >= 0.3 is 5.97 Å². The lowest BCUT2D eigenvalue weighted by Crippen LogP contribution is -2.26. The van der Waals surface area contributed by atoms with Crippen LogP contribution in [0.3, 0.4) is 0 Å². The summed E-state index contributed by atoms with van der Waals surface area (Å²) in [6, 6.07) is 9.29. The SMILES string of the molecule is CC(S)(N=Cc1ccccc1)C(=O)O. The molecular formula is C10H11NO2S. The minimum absolute atomic E-state index is 0.856. The van der Waals surface area contributed by atoms with Crippen molar-refractivity contribution in [3.8, 4) is 0 Å². The van der Waals surface area contributed by atoms with Gasteiger partial charge in [-0.2, -0.15) is 0 Å².